The van der Waals surface area contributed by atoms with E-state index in [4.69, 9.17) is 0 Å². The van der Waals surface area contributed by atoms with Crippen LogP contribution in [0.15, 0.2) is 71.6 Å². The number of sulfonamides is 1. The first kappa shape index (κ1) is 20.6. The van der Waals surface area contributed by atoms with E-state index in [0.717, 1.165) is 16.7 Å². The minimum atomic E-state index is -3.69. The molecule has 0 unspecified atom stereocenters. The van der Waals surface area contributed by atoms with Crippen molar-refractivity contribution < 1.29 is 13.2 Å². The summed E-state index contributed by atoms with van der Waals surface area (Å²) < 4.78 is 27.7. The van der Waals surface area contributed by atoms with Gasteiger partial charge >= 0.3 is 0 Å². The zero-order valence-corrected chi connectivity index (χ0v) is 17.5. The molecule has 3 aromatic rings. The van der Waals surface area contributed by atoms with Crippen LogP contribution in [0, 0.1) is 20.8 Å². The first-order chi connectivity index (χ1) is 13.7. The van der Waals surface area contributed by atoms with Gasteiger partial charge in [0.15, 0.2) is 0 Å². The third kappa shape index (κ3) is 5.23. The van der Waals surface area contributed by atoms with Crippen molar-refractivity contribution in [2.45, 2.75) is 32.2 Å². The number of benzene rings is 3. The number of nitrogens with one attached hydrogen (secondary N) is 2. The molecule has 3 aromatic carbocycles. The number of amides is 1. The van der Waals surface area contributed by atoms with Crippen molar-refractivity contribution in [1.29, 1.82) is 0 Å². The maximum atomic E-state index is 12.6. The molecule has 0 aliphatic rings. The van der Waals surface area contributed by atoms with E-state index < -0.39 is 10.0 Å². The van der Waals surface area contributed by atoms with Gasteiger partial charge in [-0.05, 0) is 73.9 Å². The molecule has 3 rings (SSSR count). The van der Waals surface area contributed by atoms with E-state index in [1.165, 1.54) is 5.56 Å². The van der Waals surface area contributed by atoms with E-state index in [9.17, 15) is 13.2 Å². The lowest BCUT2D eigenvalue weighted by atomic mass is 10.1. The van der Waals surface area contributed by atoms with Crippen LogP contribution in [0.5, 0.6) is 0 Å². The molecule has 0 spiro atoms. The molecule has 0 atom stereocenters. The number of hydrogen-bond acceptors (Lipinski definition) is 3. The maximum Gasteiger partial charge on any atom is 0.261 e. The highest BCUT2D eigenvalue weighted by Gasteiger charge is 2.15. The van der Waals surface area contributed by atoms with Crippen molar-refractivity contribution in [3.05, 3.63) is 94.5 Å². The topological polar surface area (TPSA) is 75.3 Å². The van der Waals surface area contributed by atoms with Gasteiger partial charge in [0.25, 0.3) is 15.9 Å². The lowest BCUT2D eigenvalue weighted by Crippen LogP contribution is -2.22. The Bertz CT molecular complexity index is 1120. The second kappa shape index (κ2) is 8.49. The third-order valence-corrected chi connectivity index (χ3v) is 6.14. The fourth-order valence-corrected chi connectivity index (χ4v) is 3.92. The molecule has 6 heteroatoms. The quantitative estimate of drug-likeness (QED) is 0.637. The Morgan fingerprint density at radius 1 is 0.828 bits per heavy atom. The van der Waals surface area contributed by atoms with Crippen molar-refractivity contribution in [3.8, 4) is 0 Å². The number of carbonyl (C=O) groups excluding carboxylic acids is 1. The van der Waals surface area contributed by atoms with E-state index in [1.807, 2.05) is 45.0 Å². The Kier molecular flexibility index (Phi) is 6.03. The van der Waals surface area contributed by atoms with Gasteiger partial charge in [0, 0.05) is 17.8 Å². The highest BCUT2D eigenvalue weighted by Crippen LogP contribution is 2.19. The summed E-state index contributed by atoms with van der Waals surface area (Å²) in [7, 11) is -3.69. The molecule has 0 heterocycles. The van der Waals surface area contributed by atoms with Crippen molar-refractivity contribution in [3.63, 3.8) is 0 Å². The summed E-state index contributed by atoms with van der Waals surface area (Å²) in [5.74, 6) is -0.214. The molecule has 29 heavy (non-hydrogen) atoms. The molecule has 0 bridgehead atoms. The van der Waals surface area contributed by atoms with Gasteiger partial charge in [0.2, 0.25) is 0 Å². The van der Waals surface area contributed by atoms with Crippen molar-refractivity contribution >= 4 is 21.6 Å². The van der Waals surface area contributed by atoms with E-state index >= 15 is 0 Å². The van der Waals surface area contributed by atoms with Crippen molar-refractivity contribution in [2.24, 2.45) is 0 Å². The SMILES string of the molecule is Cc1ccc(CNC(=O)c2ccc(NS(=O)(=O)c3ccc(C)c(C)c3)cc2)cc1. The highest BCUT2D eigenvalue weighted by atomic mass is 32.2. The number of carbonyl (C=O) groups is 1. The number of hydrogen-bond donors (Lipinski definition) is 2. The van der Waals surface area contributed by atoms with Gasteiger partial charge in [-0.15, -0.1) is 0 Å². The molecule has 0 radical (unpaired) electrons. The molecule has 150 valence electrons. The second-order valence-electron chi connectivity index (χ2n) is 7.10. The monoisotopic (exact) mass is 408 g/mol. The van der Waals surface area contributed by atoms with Crippen LogP contribution in [0.2, 0.25) is 0 Å². The van der Waals surface area contributed by atoms with Crippen LogP contribution in [0.25, 0.3) is 0 Å². The van der Waals surface area contributed by atoms with Gasteiger partial charge in [0.1, 0.15) is 0 Å². The van der Waals surface area contributed by atoms with Crippen LogP contribution in [0.4, 0.5) is 5.69 Å². The minimum Gasteiger partial charge on any atom is -0.348 e. The third-order valence-electron chi connectivity index (χ3n) is 4.76. The number of rotatable bonds is 6. The van der Waals surface area contributed by atoms with Crippen molar-refractivity contribution in [1.82, 2.24) is 5.32 Å². The summed E-state index contributed by atoms with van der Waals surface area (Å²) in [6.07, 6.45) is 0. The van der Waals surface area contributed by atoms with Crippen LogP contribution in [-0.4, -0.2) is 14.3 Å². The highest BCUT2D eigenvalue weighted by molar-refractivity contribution is 7.92. The first-order valence-electron chi connectivity index (χ1n) is 9.28. The predicted molar refractivity (Wildman–Crippen MR) is 116 cm³/mol. The lowest BCUT2D eigenvalue weighted by molar-refractivity contribution is 0.0951. The Hall–Kier alpha value is -3.12. The molecular weight excluding hydrogens is 384 g/mol. The zero-order chi connectivity index (χ0) is 21.0. The zero-order valence-electron chi connectivity index (χ0n) is 16.7. The molecule has 5 nitrogen and oxygen atoms in total. The Balaban J connectivity index is 1.65. The van der Waals surface area contributed by atoms with Crippen LogP contribution in [-0.2, 0) is 16.6 Å². The van der Waals surface area contributed by atoms with E-state index in [2.05, 4.69) is 10.0 Å². The normalized spacial score (nSPS) is 11.1. The number of anilines is 1. The van der Waals surface area contributed by atoms with Crippen LogP contribution in [0.3, 0.4) is 0 Å². The van der Waals surface area contributed by atoms with Gasteiger partial charge < -0.3 is 5.32 Å². The molecule has 2 N–H and O–H groups in total. The fraction of sp³-hybridized carbons (Fsp3) is 0.174. The van der Waals surface area contributed by atoms with E-state index in [0.29, 0.717) is 17.8 Å². The summed E-state index contributed by atoms with van der Waals surface area (Å²) in [6.45, 7) is 6.25. The summed E-state index contributed by atoms with van der Waals surface area (Å²) in [4.78, 5) is 12.5. The minimum absolute atomic E-state index is 0.209. The fourth-order valence-electron chi connectivity index (χ4n) is 2.78. The average Bonchev–Trinajstić information content (AvgIpc) is 2.69. The summed E-state index contributed by atoms with van der Waals surface area (Å²) in [5, 5.41) is 2.86. The summed E-state index contributed by atoms with van der Waals surface area (Å²) >= 11 is 0. The van der Waals surface area contributed by atoms with Gasteiger partial charge in [-0.25, -0.2) is 8.42 Å². The van der Waals surface area contributed by atoms with Crippen LogP contribution >= 0.6 is 0 Å². The Morgan fingerprint density at radius 3 is 2.10 bits per heavy atom. The van der Waals surface area contributed by atoms with Crippen molar-refractivity contribution in [2.75, 3.05) is 4.72 Å². The standard InChI is InChI=1S/C23H24N2O3S/c1-16-4-7-19(8-5-16)15-24-23(26)20-9-11-21(12-10-20)25-29(27,28)22-13-6-17(2)18(3)14-22/h4-14,25H,15H2,1-3H3,(H,24,26). The molecule has 1 amide bonds. The molecule has 0 saturated carbocycles. The lowest BCUT2D eigenvalue weighted by Gasteiger charge is -2.11. The molecular formula is C23H24N2O3S. The van der Waals surface area contributed by atoms with Gasteiger partial charge in [-0.3, -0.25) is 9.52 Å². The van der Waals surface area contributed by atoms with E-state index in [-0.39, 0.29) is 10.8 Å². The smallest absolute Gasteiger partial charge is 0.261 e. The predicted octanol–water partition coefficient (Wildman–Crippen LogP) is 4.34. The number of aryl methyl sites for hydroxylation is 3. The Morgan fingerprint density at radius 2 is 1.48 bits per heavy atom. The molecule has 0 saturated heterocycles. The van der Waals surface area contributed by atoms with E-state index in [1.54, 1.807) is 42.5 Å². The molecule has 0 fully saturated rings. The maximum absolute atomic E-state index is 12.6. The van der Waals surface area contributed by atoms with Gasteiger partial charge in [0.05, 0.1) is 4.90 Å². The molecule has 0 aliphatic heterocycles. The summed E-state index contributed by atoms with van der Waals surface area (Å²) in [5.41, 5.74) is 4.99. The van der Waals surface area contributed by atoms with Crippen LogP contribution in [0.1, 0.15) is 32.6 Å². The Labute approximate surface area is 171 Å². The van der Waals surface area contributed by atoms with Gasteiger partial charge in [-0.1, -0.05) is 35.9 Å². The molecule has 0 aliphatic carbocycles. The van der Waals surface area contributed by atoms with Gasteiger partial charge in [-0.2, -0.15) is 0 Å². The largest absolute Gasteiger partial charge is 0.348 e. The summed E-state index contributed by atoms with van der Waals surface area (Å²) in [6, 6.07) is 19.3. The second-order valence-corrected chi connectivity index (χ2v) is 8.78. The average molecular weight is 409 g/mol. The van der Waals surface area contributed by atoms with Crippen LogP contribution < -0.4 is 10.0 Å². The molecule has 0 aromatic heterocycles. The first-order valence-corrected chi connectivity index (χ1v) is 10.8.